The van der Waals surface area contributed by atoms with E-state index in [2.05, 4.69) is 10.5 Å². The van der Waals surface area contributed by atoms with Gasteiger partial charge in [0.15, 0.2) is 11.5 Å². The highest BCUT2D eigenvalue weighted by atomic mass is 32.2. The fraction of sp³-hybridized carbons (Fsp3) is 0.300. The Hall–Kier alpha value is -3.27. The highest BCUT2D eigenvalue weighted by Crippen LogP contribution is 2.27. The summed E-state index contributed by atoms with van der Waals surface area (Å²) in [6, 6.07) is 10.5. The number of amides is 1. The van der Waals surface area contributed by atoms with Crippen LogP contribution in [0.15, 0.2) is 47.6 Å². The van der Waals surface area contributed by atoms with E-state index >= 15 is 0 Å². The Labute approximate surface area is 176 Å². The number of hydrogen-bond donors (Lipinski definition) is 1. The van der Waals surface area contributed by atoms with Gasteiger partial charge in [-0.15, -0.1) is 0 Å². The van der Waals surface area contributed by atoms with Gasteiger partial charge < -0.3 is 14.2 Å². The summed E-state index contributed by atoms with van der Waals surface area (Å²) in [7, 11) is 0.830. The van der Waals surface area contributed by atoms with Crippen LogP contribution >= 0.6 is 0 Å². The number of nitrogens with zero attached hydrogens (tertiary/aromatic N) is 2. The van der Waals surface area contributed by atoms with E-state index in [4.69, 9.17) is 14.2 Å². The summed E-state index contributed by atoms with van der Waals surface area (Å²) < 4.78 is 41.1. The first kappa shape index (κ1) is 23.0. The van der Waals surface area contributed by atoms with Crippen LogP contribution in [0.2, 0.25) is 0 Å². The Morgan fingerprint density at radius 1 is 1.03 bits per heavy atom. The predicted octanol–water partition coefficient (Wildman–Crippen LogP) is 2.02. The first-order valence-electron chi connectivity index (χ1n) is 8.89. The molecule has 1 N–H and O–H groups in total. The zero-order valence-corrected chi connectivity index (χ0v) is 18.3. The Bertz CT molecular complexity index is 1010. The van der Waals surface area contributed by atoms with Crippen LogP contribution in [0.5, 0.6) is 17.2 Å². The molecule has 0 radical (unpaired) electrons. The molecule has 9 nitrogen and oxygen atoms in total. The van der Waals surface area contributed by atoms with Crippen LogP contribution in [0.4, 0.5) is 5.69 Å². The summed E-state index contributed by atoms with van der Waals surface area (Å²) >= 11 is 0. The number of nitrogens with one attached hydrogen (secondary N) is 1. The van der Waals surface area contributed by atoms with Crippen molar-refractivity contribution in [3.05, 3.63) is 48.0 Å². The summed E-state index contributed by atoms with van der Waals surface area (Å²) in [5.41, 5.74) is 3.37. The monoisotopic (exact) mass is 435 g/mol. The number of hydrazone groups is 1. The first-order chi connectivity index (χ1) is 14.2. The average molecular weight is 436 g/mol. The average Bonchev–Trinajstić information content (AvgIpc) is 2.73. The molecule has 0 fully saturated rings. The van der Waals surface area contributed by atoms with Crippen LogP contribution in [0.1, 0.15) is 12.5 Å². The van der Waals surface area contributed by atoms with Crippen molar-refractivity contribution in [1.29, 1.82) is 0 Å². The van der Waals surface area contributed by atoms with Gasteiger partial charge in [-0.1, -0.05) is 0 Å². The quantitative estimate of drug-likeness (QED) is 0.477. The second-order valence-corrected chi connectivity index (χ2v) is 8.14. The summed E-state index contributed by atoms with van der Waals surface area (Å²) in [4.78, 5) is 12.5. The molecule has 0 saturated heterocycles. The van der Waals surface area contributed by atoms with Crippen molar-refractivity contribution >= 4 is 27.8 Å². The van der Waals surface area contributed by atoms with E-state index in [9.17, 15) is 13.2 Å². The largest absolute Gasteiger partial charge is 0.497 e. The lowest BCUT2D eigenvalue weighted by Gasteiger charge is -2.27. The molecule has 0 aliphatic carbocycles. The minimum absolute atomic E-state index is 0.338. The molecule has 10 heteroatoms. The standard InChI is InChI=1S/C20H25N3O6S/c1-14(23(30(5,25)26)16-7-9-17(27-2)10-8-16)20(24)22-21-13-15-6-11-18(28-3)19(12-15)29-4/h6-14H,1-5H3,(H,22,24)/b21-13-/t14-/m1/s1. The minimum Gasteiger partial charge on any atom is -0.497 e. The fourth-order valence-electron chi connectivity index (χ4n) is 2.73. The molecule has 1 atom stereocenters. The van der Waals surface area contributed by atoms with Crippen molar-refractivity contribution in [2.75, 3.05) is 31.9 Å². The maximum atomic E-state index is 12.5. The molecule has 2 aromatic carbocycles. The van der Waals surface area contributed by atoms with Gasteiger partial charge in [-0.05, 0) is 55.0 Å². The van der Waals surface area contributed by atoms with Crippen molar-refractivity contribution in [2.45, 2.75) is 13.0 Å². The number of sulfonamides is 1. The molecule has 0 bridgehead atoms. The Balaban J connectivity index is 2.16. The number of rotatable bonds is 9. The Morgan fingerprint density at radius 3 is 2.20 bits per heavy atom. The third-order valence-corrected chi connectivity index (χ3v) is 5.45. The van der Waals surface area contributed by atoms with Crippen molar-refractivity contribution in [2.24, 2.45) is 5.10 Å². The van der Waals surface area contributed by atoms with Crippen LogP contribution in [0, 0.1) is 0 Å². The molecule has 30 heavy (non-hydrogen) atoms. The van der Waals surface area contributed by atoms with Gasteiger partial charge in [0.1, 0.15) is 11.8 Å². The van der Waals surface area contributed by atoms with Gasteiger partial charge in [0.25, 0.3) is 5.91 Å². The van der Waals surface area contributed by atoms with Crippen LogP contribution in [-0.2, 0) is 14.8 Å². The summed E-state index contributed by atoms with van der Waals surface area (Å²) in [6.07, 6.45) is 2.46. The molecule has 0 aliphatic heterocycles. The lowest BCUT2D eigenvalue weighted by Crippen LogP contribution is -2.46. The molecule has 2 aromatic rings. The van der Waals surface area contributed by atoms with Crippen LogP contribution in [-0.4, -0.2) is 54.2 Å². The van der Waals surface area contributed by atoms with E-state index in [0.717, 1.165) is 10.6 Å². The van der Waals surface area contributed by atoms with Crippen LogP contribution < -0.4 is 23.9 Å². The Kier molecular flexibility index (Phi) is 7.65. The van der Waals surface area contributed by atoms with E-state index < -0.39 is 22.0 Å². The fourth-order valence-corrected chi connectivity index (χ4v) is 3.91. The highest BCUT2D eigenvalue weighted by Gasteiger charge is 2.29. The number of methoxy groups -OCH3 is 3. The maximum absolute atomic E-state index is 12.5. The van der Waals surface area contributed by atoms with Gasteiger partial charge in [0, 0.05) is 0 Å². The second-order valence-electron chi connectivity index (χ2n) is 6.28. The van der Waals surface area contributed by atoms with Gasteiger partial charge in [-0.2, -0.15) is 5.10 Å². The van der Waals surface area contributed by atoms with Gasteiger partial charge in [0.05, 0.1) is 39.5 Å². The number of hydrogen-bond acceptors (Lipinski definition) is 7. The smallest absolute Gasteiger partial charge is 0.263 e. The molecule has 0 heterocycles. The second kappa shape index (κ2) is 9.97. The number of benzene rings is 2. The maximum Gasteiger partial charge on any atom is 0.263 e. The molecule has 0 aliphatic rings. The number of carbonyl (C=O) groups excluding carboxylic acids is 1. The summed E-state index contributed by atoms with van der Waals surface area (Å²) in [5, 5.41) is 3.92. The SMILES string of the molecule is COc1ccc(N([C@H](C)C(=O)N/N=C\c2ccc(OC)c(OC)c2)S(C)(=O)=O)cc1. The lowest BCUT2D eigenvalue weighted by atomic mass is 10.2. The normalized spacial score (nSPS) is 12.3. The predicted molar refractivity (Wildman–Crippen MR) is 115 cm³/mol. The third kappa shape index (κ3) is 5.63. The first-order valence-corrected chi connectivity index (χ1v) is 10.7. The molecular formula is C20H25N3O6S. The van der Waals surface area contributed by atoms with Crippen molar-refractivity contribution < 1.29 is 27.4 Å². The van der Waals surface area contributed by atoms with Crippen molar-refractivity contribution in [1.82, 2.24) is 5.43 Å². The van der Waals surface area contributed by atoms with Gasteiger partial charge >= 0.3 is 0 Å². The zero-order valence-electron chi connectivity index (χ0n) is 17.4. The molecule has 2 rings (SSSR count). The van der Waals surface area contributed by atoms with Gasteiger partial charge in [0.2, 0.25) is 10.0 Å². The van der Waals surface area contributed by atoms with E-state index in [1.54, 1.807) is 42.5 Å². The topological polar surface area (TPSA) is 107 Å². The van der Waals surface area contributed by atoms with E-state index in [1.165, 1.54) is 34.5 Å². The summed E-state index contributed by atoms with van der Waals surface area (Å²) in [5.74, 6) is 1.07. The van der Waals surface area contributed by atoms with Gasteiger partial charge in [-0.25, -0.2) is 13.8 Å². The van der Waals surface area contributed by atoms with E-state index in [1.807, 2.05) is 0 Å². The molecular weight excluding hydrogens is 410 g/mol. The van der Waals surface area contributed by atoms with Crippen LogP contribution in [0.3, 0.4) is 0 Å². The van der Waals surface area contributed by atoms with Crippen molar-refractivity contribution in [3.8, 4) is 17.2 Å². The molecule has 0 spiro atoms. The minimum atomic E-state index is -3.73. The Morgan fingerprint density at radius 2 is 1.67 bits per heavy atom. The van der Waals surface area contributed by atoms with Crippen molar-refractivity contribution in [3.63, 3.8) is 0 Å². The number of carbonyl (C=O) groups is 1. The highest BCUT2D eigenvalue weighted by molar-refractivity contribution is 7.92. The van der Waals surface area contributed by atoms with E-state index in [0.29, 0.717) is 28.5 Å². The molecule has 0 unspecified atom stereocenters. The number of anilines is 1. The van der Waals surface area contributed by atoms with Gasteiger partial charge in [-0.3, -0.25) is 9.10 Å². The van der Waals surface area contributed by atoms with E-state index in [-0.39, 0.29) is 0 Å². The third-order valence-electron chi connectivity index (χ3n) is 4.21. The molecule has 0 aromatic heterocycles. The molecule has 1 amide bonds. The molecule has 162 valence electrons. The molecule has 0 saturated carbocycles. The zero-order chi connectivity index (χ0) is 22.3. The lowest BCUT2D eigenvalue weighted by molar-refractivity contribution is -0.121. The van der Waals surface area contributed by atoms with Crippen LogP contribution in [0.25, 0.3) is 0 Å². The summed E-state index contributed by atoms with van der Waals surface area (Å²) in [6.45, 7) is 1.48. The number of ether oxygens (including phenoxy) is 3.